The van der Waals surface area contributed by atoms with Crippen LogP contribution in [0.3, 0.4) is 0 Å². The van der Waals surface area contributed by atoms with Crippen LogP contribution in [0.1, 0.15) is 43.0 Å². The lowest BCUT2D eigenvalue weighted by molar-refractivity contribution is 0.0943. The Morgan fingerprint density at radius 3 is 1.14 bits per heavy atom. The molecular weight excluding hydrogens is 628 g/mol. The summed E-state index contributed by atoms with van der Waals surface area (Å²) in [6.07, 6.45) is 0. The maximum Gasteiger partial charge on any atom is 0.251 e. The molecule has 8 N–H and O–H groups in total. The van der Waals surface area contributed by atoms with E-state index in [4.69, 9.17) is 31.8 Å². The maximum atomic E-state index is 12.8. The Morgan fingerprint density at radius 1 is 0.480 bits per heavy atom. The zero-order valence-corrected chi connectivity index (χ0v) is 27.2. The molecule has 0 spiro atoms. The number of amides is 2. The van der Waals surface area contributed by atoms with Crippen molar-refractivity contribution in [2.24, 2.45) is 11.5 Å². The largest absolute Gasteiger partial charge is 0.490 e. The number of nitrogens with one attached hydrogen (secondary N) is 4. The van der Waals surface area contributed by atoms with Gasteiger partial charge >= 0.3 is 0 Å². The fraction of sp³-hybridized carbons (Fsp3) is 0.100. The van der Waals surface area contributed by atoms with Gasteiger partial charge in [0.2, 0.25) is 0 Å². The molecule has 0 aromatic heterocycles. The zero-order chi connectivity index (χ0) is 35.0. The number of hydrogen-bond donors (Lipinski definition) is 6. The smallest absolute Gasteiger partial charge is 0.251 e. The summed E-state index contributed by atoms with van der Waals surface area (Å²) in [5.41, 5.74) is 15.4. The number of carbonyl (C=O) groups is 2. The van der Waals surface area contributed by atoms with E-state index in [1.807, 2.05) is 97.1 Å². The number of nitrogen functional groups attached to an aromatic ring is 2. The monoisotopic (exact) mass is 664 g/mol. The van der Waals surface area contributed by atoms with Crippen LogP contribution in [0.4, 0.5) is 0 Å². The molecule has 0 atom stereocenters. The van der Waals surface area contributed by atoms with Gasteiger partial charge in [0.05, 0.1) is 0 Å². The molecule has 10 heteroatoms. The Morgan fingerprint density at radius 2 is 0.800 bits per heavy atom. The van der Waals surface area contributed by atoms with Crippen molar-refractivity contribution >= 4 is 45.0 Å². The van der Waals surface area contributed by atoms with E-state index < -0.39 is 0 Å². The molecule has 6 rings (SSSR count). The van der Waals surface area contributed by atoms with Gasteiger partial charge in [0, 0.05) is 35.3 Å². The topological polar surface area (TPSA) is 176 Å². The minimum Gasteiger partial charge on any atom is -0.490 e. The van der Waals surface area contributed by atoms with Crippen LogP contribution < -0.4 is 31.6 Å². The van der Waals surface area contributed by atoms with Gasteiger partial charge in [0.25, 0.3) is 11.8 Å². The third-order valence-corrected chi connectivity index (χ3v) is 8.20. The van der Waals surface area contributed by atoms with Crippen LogP contribution in [0.5, 0.6) is 11.5 Å². The number of carbonyl (C=O) groups excluding carboxylic acids is 2. The van der Waals surface area contributed by atoms with E-state index in [9.17, 15) is 9.59 Å². The molecular formula is C40H36N6O4. The first-order valence-corrected chi connectivity index (χ1v) is 16.0. The minimum atomic E-state index is -0.176. The Labute approximate surface area is 289 Å². The molecule has 0 saturated heterocycles. The average molecular weight is 665 g/mol. The van der Waals surface area contributed by atoms with Crippen molar-refractivity contribution in [1.29, 1.82) is 10.8 Å². The van der Waals surface area contributed by atoms with Gasteiger partial charge in [0.15, 0.2) is 0 Å². The molecule has 6 aromatic carbocycles. The number of rotatable bonds is 13. The second kappa shape index (κ2) is 15.0. The van der Waals surface area contributed by atoms with Crippen LogP contribution in [0.15, 0.2) is 121 Å². The summed E-state index contributed by atoms with van der Waals surface area (Å²) >= 11 is 0. The van der Waals surface area contributed by atoms with Crippen LogP contribution >= 0.6 is 0 Å². The second-order valence-corrected chi connectivity index (χ2v) is 11.7. The minimum absolute atomic E-state index is 0.00774. The SMILES string of the molecule is N=C(N)c1ccc2cc(C(=O)NCc3ccc(OCCOc4ccc(CNC(=O)c5ccc6cc(C(=N)N)ccc6c5)cc4)cc3)ccc2c1. The van der Waals surface area contributed by atoms with E-state index in [0.717, 1.165) is 32.7 Å². The zero-order valence-electron chi connectivity index (χ0n) is 27.2. The molecule has 0 aliphatic rings. The fourth-order valence-electron chi connectivity index (χ4n) is 5.40. The molecule has 0 bridgehead atoms. The van der Waals surface area contributed by atoms with Gasteiger partial charge in [-0.25, -0.2) is 0 Å². The van der Waals surface area contributed by atoms with Crippen molar-refractivity contribution in [3.05, 3.63) is 155 Å². The average Bonchev–Trinajstić information content (AvgIpc) is 3.14. The third kappa shape index (κ3) is 8.23. The molecule has 0 heterocycles. The number of nitrogens with two attached hydrogens (primary N) is 2. The van der Waals surface area contributed by atoms with Crippen molar-refractivity contribution in [2.75, 3.05) is 13.2 Å². The molecule has 0 aliphatic carbocycles. The summed E-state index contributed by atoms with van der Waals surface area (Å²) in [4.78, 5) is 25.5. The standard InChI is InChI=1S/C40H36N6O4/c41-37(42)31-9-5-29-21-33(11-7-27(29)19-31)39(47)45-23-25-1-13-35(14-2-25)49-17-18-50-36-15-3-26(4-16-36)24-46-40(48)34-12-8-28-20-32(38(43)44)10-6-30(28)22-34/h1-16,19-22H,17-18,23-24H2,(H3,41,42)(H3,43,44)(H,45,47)(H,46,48). The van der Waals surface area contributed by atoms with Gasteiger partial charge in [-0.1, -0.05) is 60.7 Å². The third-order valence-electron chi connectivity index (χ3n) is 8.20. The molecule has 0 saturated carbocycles. The predicted octanol–water partition coefficient (Wildman–Crippen LogP) is 5.88. The Balaban J connectivity index is 0.904. The van der Waals surface area contributed by atoms with E-state index in [0.29, 0.717) is 60.1 Å². The predicted molar refractivity (Wildman–Crippen MR) is 196 cm³/mol. The second-order valence-electron chi connectivity index (χ2n) is 11.7. The number of fused-ring (bicyclic) bond motifs is 2. The number of amidine groups is 2. The molecule has 2 amide bonds. The molecule has 0 aliphatic heterocycles. The van der Waals surface area contributed by atoms with E-state index >= 15 is 0 Å². The highest BCUT2D eigenvalue weighted by Gasteiger charge is 2.10. The molecule has 0 unspecified atom stereocenters. The molecule has 50 heavy (non-hydrogen) atoms. The van der Waals surface area contributed by atoms with E-state index in [2.05, 4.69) is 10.6 Å². The van der Waals surface area contributed by atoms with Crippen molar-refractivity contribution in [3.63, 3.8) is 0 Å². The van der Waals surface area contributed by atoms with Gasteiger partial charge < -0.3 is 31.6 Å². The summed E-state index contributed by atoms with van der Waals surface area (Å²) in [5.74, 6) is 1.06. The lowest BCUT2D eigenvalue weighted by atomic mass is 10.0. The Hall–Kier alpha value is -6.68. The lowest BCUT2D eigenvalue weighted by Gasteiger charge is -2.11. The fourth-order valence-corrected chi connectivity index (χ4v) is 5.40. The first-order valence-electron chi connectivity index (χ1n) is 16.0. The van der Waals surface area contributed by atoms with E-state index in [1.165, 1.54) is 0 Å². The summed E-state index contributed by atoms with van der Waals surface area (Å²) in [6, 6.07) is 36.9. The van der Waals surface area contributed by atoms with Crippen molar-refractivity contribution in [3.8, 4) is 11.5 Å². The number of benzene rings is 6. The summed E-state index contributed by atoms with van der Waals surface area (Å²) in [7, 11) is 0. The first-order chi connectivity index (χ1) is 24.2. The normalized spacial score (nSPS) is 10.8. The maximum absolute atomic E-state index is 12.8. The molecule has 6 aromatic rings. The Bertz CT molecular complexity index is 2060. The summed E-state index contributed by atoms with van der Waals surface area (Å²) in [6.45, 7) is 1.45. The molecule has 250 valence electrons. The molecule has 0 fully saturated rings. The van der Waals surface area contributed by atoms with Crippen LogP contribution in [-0.2, 0) is 13.1 Å². The Kier molecular flexibility index (Phi) is 9.99. The van der Waals surface area contributed by atoms with E-state index in [-0.39, 0.29) is 23.5 Å². The van der Waals surface area contributed by atoms with Gasteiger partial charge in [-0.15, -0.1) is 0 Å². The van der Waals surface area contributed by atoms with Crippen molar-refractivity contribution in [2.45, 2.75) is 13.1 Å². The van der Waals surface area contributed by atoms with Gasteiger partial charge in [-0.2, -0.15) is 0 Å². The van der Waals surface area contributed by atoms with Gasteiger partial charge in [-0.3, -0.25) is 20.4 Å². The highest BCUT2D eigenvalue weighted by molar-refractivity contribution is 6.03. The van der Waals surface area contributed by atoms with Crippen molar-refractivity contribution < 1.29 is 19.1 Å². The molecule has 0 radical (unpaired) electrons. The summed E-state index contributed by atoms with van der Waals surface area (Å²) in [5, 5.41) is 24.7. The highest BCUT2D eigenvalue weighted by atomic mass is 16.5. The lowest BCUT2D eigenvalue weighted by Crippen LogP contribution is -2.22. The highest BCUT2D eigenvalue weighted by Crippen LogP contribution is 2.20. The van der Waals surface area contributed by atoms with E-state index in [1.54, 1.807) is 24.3 Å². The van der Waals surface area contributed by atoms with Crippen LogP contribution in [0.25, 0.3) is 21.5 Å². The number of ether oxygens (including phenoxy) is 2. The van der Waals surface area contributed by atoms with Crippen molar-refractivity contribution in [1.82, 2.24) is 10.6 Å². The van der Waals surface area contributed by atoms with Crippen LogP contribution in [0, 0.1) is 10.8 Å². The van der Waals surface area contributed by atoms with Gasteiger partial charge in [-0.05, 0) is 93.3 Å². The number of hydrogen-bond acceptors (Lipinski definition) is 6. The molecule has 10 nitrogen and oxygen atoms in total. The summed E-state index contributed by atoms with van der Waals surface area (Å²) < 4.78 is 11.6. The quantitative estimate of drug-likeness (QED) is 0.0510. The van der Waals surface area contributed by atoms with Gasteiger partial charge in [0.1, 0.15) is 36.4 Å². The first kappa shape index (κ1) is 33.2. The van der Waals surface area contributed by atoms with Crippen LogP contribution in [-0.4, -0.2) is 36.7 Å². The van der Waals surface area contributed by atoms with Crippen LogP contribution in [0.2, 0.25) is 0 Å².